The van der Waals surface area contributed by atoms with Crippen LogP contribution in [0.1, 0.15) is 35.1 Å². The van der Waals surface area contributed by atoms with Crippen molar-refractivity contribution < 1.29 is 0 Å². The first kappa shape index (κ1) is 42.9. The van der Waals surface area contributed by atoms with Crippen LogP contribution in [0.3, 0.4) is 0 Å². The minimum Gasteiger partial charge on any atom is -0.310 e. The number of rotatable bonds is 8. The molecule has 0 saturated carbocycles. The first-order valence-electron chi connectivity index (χ1n) is 26.0. The molecule has 352 valence electrons. The molecule has 0 radical (unpaired) electrons. The van der Waals surface area contributed by atoms with E-state index in [4.69, 9.17) is 0 Å². The van der Waals surface area contributed by atoms with Crippen molar-refractivity contribution in [2.24, 2.45) is 0 Å². The third-order valence-corrected chi connectivity index (χ3v) is 15.9. The number of anilines is 6. The molecule has 12 aromatic rings. The molecule has 0 aliphatic heterocycles. The molecule has 0 saturated heterocycles. The summed E-state index contributed by atoms with van der Waals surface area (Å²) in [6, 6.07) is 85.2. The van der Waals surface area contributed by atoms with Crippen LogP contribution in [0.25, 0.3) is 93.6 Å². The van der Waals surface area contributed by atoms with E-state index >= 15 is 0 Å². The molecule has 0 N–H and O–H groups in total. The molecule has 15 rings (SSSR count). The van der Waals surface area contributed by atoms with E-state index < -0.39 is 0 Å². The highest BCUT2D eigenvalue weighted by molar-refractivity contribution is 6.12. The van der Waals surface area contributed by atoms with Crippen molar-refractivity contribution >= 4 is 94.3 Å². The highest BCUT2D eigenvalue weighted by Gasteiger charge is 2.28. The molecule has 1 aromatic heterocycles. The van der Waals surface area contributed by atoms with Crippen LogP contribution in [0, 0.1) is 0 Å². The second-order valence-electron chi connectivity index (χ2n) is 20.2. The van der Waals surface area contributed by atoms with Crippen LogP contribution in [0.2, 0.25) is 0 Å². The molecule has 0 amide bonds. The second kappa shape index (κ2) is 16.9. The zero-order chi connectivity index (χ0) is 49.7. The fourth-order valence-corrected chi connectivity index (χ4v) is 12.3. The van der Waals surface area contributed by atoms with Crippen LogP contribution in [-0.4, -0.2) is 4.57 Å². The number of benzene rings is 11. The average Bonchev–Trinajstić information content (AvgIpc) is 4.06. The molecule has 0 spiro atoms. The maximum Gasteiger partial charge on any atom is 0.0541 e. The van der Waals surface area contributed by atoms with Gasteiger partial charge in [-0.25, -0.2) is 0 Å². The van der Waals surface area contributed by atoms with E-state index in [-0.39, 0.29) is 0 Å². The van der Waals surface area contributed by atoms with Gasteiger partial charge in [0.05, 0.1) is 11.0 Å². The molecular formula is C72H49N3. The van der Waals surface area contributed by atoms with Crippen LogP contribution < -0.4 is 9.80 Å². The van der Waals surface area contributed by atoms with E-state index in [9.17, 15) is 0 Å². The molecule has 3 aliphatic rings. The Morgan fingerprint density at radius 3 is 1.37 bits per heavy atom. The van der Waals surface area contributed by atoms with Crippen molar-refractivity contribution in [3.63, 3.8) is 0 Å². The van der Waals surface area contributed by atoms with Gasteiger partial charge in [-0.15, -0.1) is 0 Å². The van der Waals surface area contributed by atoms with Crippen molar-refractivity contribution in [2.45, 2.75) is 12.8 Å². The quantitative estimate of drug-likeness (QED) is 0.150. The maximum absolute atomic E-state index is 4.68. The SMILES string of the molecule is C=C1c2ccccc2-c2ccc(N(c3cc(-c4ccc5c(c4)c4ccccc4n5C4=CCCC=C4)cc(N(c4ccc5c(c4)C(=C)c4ccccc4-5)c4ccc5ccccc5c4)c3)c3ccc4ccccc4c3)cc21. The number of allylic oxidation sites excluding steroid dienone is 4. The van der Waals surface area contributed by atoms with Crippen molar-refractivity contribution in [1.29, 1.82) is 0 Å². The lowest BCUT2D eigenvalue weighted by molar-refractivity contribution is 1.02. The highest BCUT2D eigenvalue weighted by atomic mass is 15.2. The third-order valence-electron chi connectivity index (χ3n) is 15.9. The highest BCUT2D eigenvalue weighted by Crippen LogP contribution is 2.51. The van der Waals surface area contributed by atoms with Gasteiger partial charge in [-0.05, 0) is 192 Å². The van der Waals surface area contributed by atoms with Gasteiger partial charge in [0.2, 0.25) is 0 Å². The molecule has 75 heavy (non-hydrogen) atoms. The number of fused-ring (bicyclic) bond motifs is 11. The van der Waals surface area contributed by atoms with Gasteiger partial charge in [0, 0.05) is 50.6 Å². The second-order valence-corrected chi connectivity index (χ2v) is 20.2. The molecule has 0 fully saturated rings. The predicted molar refractivity (Wildman–Crippen MR) is 319 cm³/mol. The van der Waals surface area contributed by atoms with Crippen molar-refractivity contribution in [3.8, 4) is 33.4 Å². The van der Waals surface area contributed by atoms with E-state index in [1.807, 2.05) is 0 Å². The van der Waals surface area contributed by atoms with Crippen LogP contribution in [0.4, 0.5) is 34.1 Å². The van der Waals surface area contributed by atoms with Crippen molar-refractivity contribution in [1.82, 2.24) is 4.57 Å². The lowest BCUT2D eigenvalue weighted by Gasteiger charge is -2.31. The van der Waals surface area contributed by atoms with Gasteiger partial charge in [-0.3, -0.25) is 0 Å². The Labute approximate surface area is 436 Å². The predicted octanol–water partition coefficient (Wildman–Crippen LogP) is 20.0. The number of hydrogen-bond donors (Lipinski definition) is 0. The summed E-state index contributed by atoms with van der Waals surface area (Å²) in [6.07, 6.45) is 9.05. The first-order chi connectivity index (χ1) is 37.0. The van der Waals surface area contributed by atoms with E-state index in [2.05, 4.69) is 276 Å². The largest absolute Gasteiger partial charge is 0.310 e. The summed E-state index contributed by atoms with van der Waals surface area (Å²) in [5, 5.41) is 7.21. The van der Waals surface area contributed by atoms with Crippen LogP contribution in [0.15, 0.2) is 262 Å². The average molecular weight is 956 g/mol. The molecule has 3 aliphatic carbocycles. The normalized spacial score (nSPS) is 13.3. The number of para-hydroxylation sites is 1. The van der Waals surface area contributed by atoms with Gasteiger partial charge in [0.1, 0.15) is 0 Å². The summed E-state index contributed by atoms with van der Waals surface area (Å²) in [5.74, 6) is 0. The zero-order valence-electron chi connectivity index (χ0n) is 41.3. The third kappa shape index (κ3) is 6.89. The number of hydrogen-bond acceptors (Lipinski definition) is 2. The summed E-state index contributed by atoms with van der Waals surface area (Å²) in [5.41, 5.74) is 23.8. The van der Waals surface area contributed by atoms with Gasteiger partial charge in [0.25, 0.3) is 0 Å². The Kier molecular flexibility index (Phi) is 9.70. The monoisotopic (exact) mass is 955 g/mol. The molecule has 3 heteroatoms. The Morgan fingerprint density at radius 1 is 0.320 bits per heavy atom. The van der Waals surface area contributed by atoms with Gasteiger partial charge in [-0.2, -0.15) is 0 Å². The van der Waals surface area contributed by atoms with E-state index in [1.54, 1.807) is 0 Å². The lowest BCUT2D eigenvalue weighted by Crippen LogP contribution is -2.14. The molecule has 0 bridgehead atoms. The molecule has 0 atom stereocenters. The van der Waals surface area contributed by atoms with E-state index in [0.717, 1.165) is 80.4 Å². The summed E-state index contributed by atoms with van der Waals surface area (Å²) < 4.78 is 2.44. The fourth-order valence-electron chi connectivity index (χ4n) is 12.3. The molecule has 0 unspecified atom stereocenters. The summed E-state index contributed by atoms with van der Waals surface area (Å²) >= 11 is 0. The van der Waals surface area contributed by atoms with E-state index in [1.165, 1.54) is 82.4 Å². The van der Waals surface area contributed by atoms with Gasteiger partial charge in [0.15, 0.2) is 0 Å². The van der Waals surface area contributed by atoms with Crippen LogP contribution in [0.5, 0.6) is 0 Å². The maximum atomic E-state index is 4.68. The molecule has 3 nitrogen and oxygen atoms in total. The Hall–Kier alpha value is -9.70. The standard InChI is InChI=1S/C72H49N3/c1-46-61-22-10-12-24-63(61)65-35-33-57(44-68(46)65)73(55-31-28-48-16-6-8-18-50(48)38-55)59-40-53(52-30-37-72-70(42-52)67-26-14-15-27-71(67)75(72)54-20-4-3-5-21-54)41-60(43-59)74(56-32-29-49-17-7-9-19-51(49)39-56)58-34-36-66-64-25-13-11-23-62(64)47(2)69(66)45-58/h4,6-45H,1-3,5H2. The van der Waals surface area contributed by atoms with Crippen molar-refractivity contribution in [2.75, 3.05) is 9.80 Å². The molecular weight excluding hydrogens is 907 g/mol. The minimum atomic E-state index is 1.03. The van der Waals surface area contributed by atoms with E-state index in [0.29, 0.717) is 0 Å². The summed E-state index contributed by atoms with van der Waals surface area (Å²) in [7, 11) is 0. The Bertz CT molecular complexity index is 4270. The van der Waals surface area contributed by atoms with Crippen LogP contribution >= 0.6 is 0 Å². The fraction of sp³-hybridized carbons (Fsp3) is 0.0278. The summed E-state index contributed by atoms with van der Waals surface area (Å²) in [4.78, 5) is 4.89. The lowest BCUT2D eigenvalue weighted by atomic mass is 9.98. The van der Waals surface area contributed by atoms with Gasteiger partial charge < -0.3 is 14.4 Å². The first-order valence-corrected chi connectivity index (χ1v) is 26.0. The Balaban J connectivity index is 1.00. The van der Waals surface area contributed by atoms with Gasteiger partial charge in [-0.1, -0.05) is 171 Å². The number of aromatic nitrogens is 1. The smallest absolute Gasteiger partial charge is 0.0541 e. The topological polar surface area (TPSA) is 11.4 Å². The molecule has 11 aromatic carbocycles. The Morgan fingerprint density at radius 2 is 0.800 bits per heavy atom. The number of nitrogens with zero attached hydrogens (tertiary/aromatic N) is 3. The van der Waals surface area contributed by atoms with Crippen molar-refractivity contribution in [3.05, 3.63) is 284 Å². The summed E-state index contributed by atoms with van der Waals surface area (Å²) in [6.45, 7) is 9.37. The van der Waals surface area contributed by atoms with Gasteiger partial charge >= 0.3 is 0 Å². The zero-order valence-corrected chi connectivity index (χ0v) is 41.3. The van der Waals surface area contributed by atoms with Crippen LogP contribution in [-0.2, 0) is 0 Å². The molecule has 1 heterocycles. The minimum absolute atomic E-state index is 1.03.